The van der Waals surface area contributed by atoms with Crippen LogP contribution in [0.4, 0.5) is 10.1 Å². The summed E-state index contributed by atoms with van der Waals surface area (Å²) >= 11 is 6.16. The Morgan fingerprint density at radius 2 is 1.75 bits per heavy atom. The van der Waals surface area contributed by atoms with Crippen LogP contribution in [0, 0.1) is 5.82 Å². The van der Waals surface area contributed by atoms with Crippen molar-refractivity contribution < 1.29 is 4.39 Å². The largest absolute Gasteiger partial charge is 0.369 e. The van der Waals surface area contributed by atoms with Crippen LogP contribution in [-0.2, 0) is 0 Å². The maximum absolute atomic E-state index is 14.7. The molecule has 0 bridgehead atoms. The molecule has 2 aliphatic heterocycles. The van der Waals surface area contributed by atoms with Crippen molar-refractivity contribution in [3.63, 3.8) is 0 Å². The van der Waals surface area contributed by atoms with Crippen LogP contribution in [0.1, 0.15) is 18.1 Å². The van der Waals surface area contributed by atoms with Crippen LogP contribution < -0.4 is 10.2 Å². The lowest BCUT2D eigenvalue weighted by atomic mass is 9.91. The summed E-state index contributed by atoms with van der Waals surface area (Å²) in [6.07, 6.45) is 7.53. The van der Waals surface area contributed by atoms with Crippen LogP contribution in [-0.4, -0.2) is 49.8 Å². The monoisotopic (exact) mass is 499 g/mol. The molecule has 0 saturated carbocycles. The molecule has 2 aliphatic rings. The van der Waals surface area contributed by atoms with Crippen molar-refractivity contribution in [2.75, 3.05) is 38.1 Å². The van der Waals surface area contributed by atoms with E-state index >= 15 is 0 Å². The minimum atomic E-state index is -0.385. The fourth-order valence-electron chi connectivity index (χ4n) is 4.60. The van der Waals surface area contributed by atoms with Gasteiger partial charge in [-0.3, -0.25) is 9.98 Å². The first kappa shape index (κ1) is 24.1. The summed E-state index contributed by atoms with van der Waals surface area (Å²) in [5, 5.41) is 3.84. The summed E-state index contributed by atoms with van der Waals surface area (Å²) in [5.74, 6) is 0.153. The molecule has 0 amide bonds. The van der Waals surface area contributed by atoms with Gasteiger partial charge in [-0.15, -0.1) is 0 Å². The molecule has 1 saturated heterocycles. The molecule has 2 aromatic carbocycles. The molecule has 5 nitrogen and oxygen atoms in total. The van der Waals surface area contributed by atoms with Gasteiger partial charge in [0.15, 0.2) is 5.84 Å². The quantitative estimate of drug-likeness (QED) is 0.492. The van der Waals surface area contributed by atoms with E-state index in [1.54, 1.807) is 13.1 Å². The van der Waals surface area contributed by atoms with Crippen molar-refractivity contribution in [2.45, 2.75) is 6.92 Å². The van der Waals surface area contributed by atoms with E-state index in [1.165, 1.54) is 17.8 Å². The van der Waals surface area contributed by atoms with Crippen LogP contribution in [0.25, 0.3) is 16.7 Å². The number of nitrogens with one attached hydrogen (secondary N) is 1. The molecule has 36 heavy (non-hydrogen) atoms. The minimum Gasteiger partial charge on any atom is -0.369 e. The second kappa shape index (κ2) is 10.6. The number of amidine groups is 1. The summed E-state index contributed by atoms with van der Waals surface area (Å²) < 4.78 is 14.7. The molecule has 0 unspecified atom stereocenters. The molecule has 3 heterocycles. The van der Waals surface area contributed by atoms with Crippen LogP contribution in [0.15, 0.2) is 88.6 Å². The van der Waals surface area contributed by atoms with Gasteiger partial charge >= 0.3 is 0 Å². The van der Waals surface area contributed by atoms with Gasteiger partial charge in [0, 0.05) is 78.6 Å². The SMILES string of the molecule is C/C=C1/C(c2cncc(-c3ccc(N4CCNCC4)cc3)c2)=CC(c2cc(Cl)ccc2F)=NC1=NC. The summed E-state index contributed by atoms with van der Waals surface area (Å²) in [6.45, 7) is 5.97. The Morgan fingerprint density at radius 1 is 1.00 bits per heavy atom. The number of aliphatic imine (C=N–C) groups is 2. The number of halogens is 2. The van der Waals surface area contributed by atoms with Crippen molar-refractivity contribution in [2.24, 2.45) is 9.98 Å². The van der Waals surface area contributed by atoms with Crippen LogP contribution >= 0.6 is 11.6 Å². The Kier molecular flexibility index (Phi) is 7.07. The van der Waals surface area contributed by atoms with Crippen LogP contribution in [0.3, 0.4) is 0 Å². The van der Waals surface area contributed by atoms with Gasteiger partial charge in [0.2, 0.25) is 0 Å². The highest BCUT2D eigenvalue weighted by Gasteiger charge is 2.22. The highest BCUT2D eigenvalue weighted by atomic mass is 35.5. The van der Waals surface area contributed by atoms with Crippen molar-refractivity contribution in [3.05, 3.63) is 101 Å². The van der Waals surface area contributed by atoms with Crippen molar-refractivity contribution in [1.29, 1.82) is 0 Å². The maximum atomic E-state index is 14.7. The number of allylic oxidation sites excluding steroid dienone is 2. The second-order valence-corrected chi connectivity index (χ2v) is 9.11. The number of nitrogens with zero attached hydrogens (tertiary/aromatic N) is 4. The lowest BCUT2D eigenvalue weighted by molar-refractivity contribution is 0.589. The van der Waals surface area contributed by atoms with E-state index in [2.05, 4.69) is 55.5 Å². The lowest BCUT2D eigenvalue weighted by Crippen LogP contribution is -2.43. The standard InChI is InChI=1S/C29H27ClFN5/c1-3-24-25(16-28(35-29(24)32-2)26-15-22(30)6-9-27(26)31)21-14-20(17-34-18-21)19-4-7-23(8-5-19)36-12-10-33-11-13-36/h3-9,14-18,33H,10-13H2,1-2H3/b24-3-,32-29?. The Balaban J connectivity index is 1.52. The maximum Gasteiger partial charge on any atom is 0.155 e. The van der Waals surface area contributed by atoms with Gasteiger partial charge in [0.05, 0.1) is 5.71 Å². The fourth-order valence-corrected chi connectivity index (χ4v) is 4.77. The second-order valence-electron chi connectivity index (χ2n) is 8.68. The first-order valence-corrected chi connectivity index (χ1v) is 12.4. The van der Waals surface area contributed by atoms with E-state index in [0.717, 1.165) is 54.0 Å². The third kappa shape index (κ3) is 4.87. The first-order valence-electron chi connectivity index (χ1n) is 12.0. The van der Waals surface area contributed by atoms with Gasteiger partial charge in [-0.2, -0.15) is 0 Å². The summed E-state index contributed by atoms with van der Waals surface area (Å²) in [4.78, 5) is 15.9. The molecular weight excluding hydrogens is 473 g/mol. The summed E-state index contributed by atoms with van der Waals surface area (Å²) in [7, 11) is 1.69. The number of piperazine rings is 1. The van der Waals surface area contributed by atoms with Crippen molar-refractivity contribution in [1.82, 2.24) is 10.3 Å². The Bertz CT molecular complexity index is 1400. The molecule has 0 spiro atoms. The van der Waals surface area contributed by atoms with E-state index in [0.29, 0.717) is 22.1 Å². The first-order chi connectivity index (χ1) is 17.6. The van der Waals surface area contributed by atoms with Gasteiger partial charge in [-0.05, 0) is 60.5 Å². The predicted molar refractivity (Wildman–Crippen MR) is 148 cm³/mol. The van der Waals surface area contributed by atoms with E-state index < -0.39 is 0 Å². The van der Waals surface area contributed by atoms with Gasteiger partial charge in [-0.25, -0.2) is 9.38 Å². The average molecular weight is 500 g/mol. The third-order valence-electron chi connectivity index (χ3n) is 6.48. The summed E-state index contributed by atoms with van der Waals surface area (Å²) in [5.41, 5.74) is 6.79. The van der Waals surface area contributed by atoms with Crippen molar-refractivity contribution in [3.8, 4) is 11.1 Å². The zero-order valence-electron chi connectivity index (χ0n) is 20.3. The molecule has 1 N–H and O–H groups in total. The van der Waals surface area contributed by atoms with E-state index in [-0.39, 0.29) is 5.82 Å². The smallest absolute Gasteiger partial charge is 0.155 e. The van der Waals surface area contributed by atoms with E-state index in [1.807, 2.05) is 31.5 Å². The van der Waals surface area contributed by atoms with Gasteiger partial charge in [-0.1, -0.05) is 29.8 Å². The van der Waals surface area contributed by atoms with Crippen LogP contribution in [0.2, 0.25) is 5.02 Å². The third-order valence-corrected chi connectivity index (χ3v) is 6.71. The zero-order chi connectivity index (χ0) is 25.1. The van der Waals surface area contributed by atoms with E-state index in [9.17, 15) is 4.39 Å². The number of anilines is 1. The predicted octanol–water partition coefficient (Wildman–Crippen LogP) is 5.81. The molecule has 7 heteroatoms. The average Bonchev–Trinajstić information content (AvgIpc) is 2.94. The number of pyridine rings is 1. The number of benzene rings is 2. The number of aromatic nitrogens is 1. The number of rotatable bonds is 4. The number of hydrogen-bond acceptors (Lipinski definition) is 4. The fraction of sp³-hybridized carbons (Fsp3) is 0.207. The molecule has 0 aliphatic carbocycles. The van der Waals surface area contributed by atoms with Crippen molar-refractivity contribution >= 4 is 34.4 Å². The lowest BCUT2D eigenvalue weighted by Gasteiger charge is -2.29. The normalized spacial score (nSPS) is 18.4. The van der Waals surface area contributed by atoms with Crippen LogP contribution in [0.5, 0.6) is 0 Å². The summed E-state index contributed by atoms with van der Waals surface area (Å²) in [6, 6.07) is 15.2. The highest BCUT2D eigenvalue weighted by molar-refractivity contribution is 6.32. The zero-order valence-corrected chi connectivity index (χ0v) is 21.1. The molecule has 182 valence electrons. The minimum absolute atomic E-state index is 0.337. The van der Waals surface area contributed by atoms with Gasteiger partial charge in [0.25, 0.3) is 0 Å². The Hall–Kier alpha value is -3.61. The molecular formula is C29H27ClFN5. The Labute approximate surface area is 215 Å². The Morgan fingerprint density at radius 3 is 2.47 bits per heavy atom. The molecule has 0 radical (unpaired) electrons. The molecule has 5 rings (SSSR count). The molecule has 1 aromatic heterocycles. The molecule has 3 aromatic rings. The molecule has 1 fully saturated rings. The van der Waals surface area contributed by atoms with E-state index in [4.69, 9.17) is 11.6 Å². The molecule has 0 atom stereocenters. The number of dihydropyridines is 1. The van der Waals surface area contributed by atoms with Gasteiger partial charge < -0.3 is 10.2 Å². The highest BCUT2D eigenvalue weighted by Crippen LogP contribution is 2.32. The number of hydrogen-bond donors (Lipinski definition) is 1. The topological polar surface area (TPSA) is 52.9 Å². The van der Waals surface area contributed by atoms with Gasteiger partial charge in [0.1, 0.15) is 5.82 Å².